The van der Waals surface area contributed by atoms with Crippen molar-refractivity contribution in [2.75, 3.05) is 7.11 Å². The number of rotatable bonds is 4. The van der Waals surface area contributed by atoms with E-state index >= 15 is 0 Å². The molecule has 1 unspecified atom stereocenters. The first-order valence-corrected chi connectivity index (χ1v) is 7.18. The van der Waals surface area contributed by atoms with E-state index in [4.69, 9.17) is 4.74 Å². The van der Waals surface area contributed by atoms with E-state index in [1.807, 2.05) is 6.07 Å². The number of aliphatic hydroxyl groups excluding tert-OH is 1. The number of hydrogen-bond donors (Lipinski definition) is 2. The van der Waals surface area contributed by atoms with Crippen LogP contribution in [0.15, 0.2) is 18.2 Å². The number of hydrogen-bond acceptors (Lipinski definition) is 3. The molecule has 1 saturated carbocycles. The second kappa shape index (κ2) is 6.40. The van der Waals surface area contributed by atoms with Gasteiger partial charge in [0.15, 0.2) is 0 Å². The Balaban J connectivity index is 2.03. The van der Waals surface area contributed by atoms with Gasteiger partial charge in [0.25, 0.3) is 0 Å². The van der Waals surface area contributed by atoms with E-state index in [9.17, 15) is 5.11 Å². The molecule has 106 valence electrons. The molecule has 1 aliphatic carbocycles. The van der Waals surface area contributed by atoms with Crippen molar-refractivity contribution in [1.29, 1.82) is 0 Å². The molecule has 0 aliphatic heterocycles. The molecule has 2 rings (SSSR count). The standard InChI is InChI=1S/C16H25NO2/c1-11-4-9-16(19-3)15(10-11)12(2)17-13-5-7-14(18)8-6-13/h4,9-10,12-14,17-18H,5-8H2,1-3H3. The number of nitrogens with one attached hydrogen (secondary N) is 1. The third-order valence-corrected chi connectivity index (χ3v) is 4.03. The summed E-state index contributed by atoms with van der Waals surface area (Å²) < 4.78 is 5.45. The molecule has 3 nitrogen and oxygen atoms in total. The molecule has 0 amide bonds. The van der Waals surface area contributed by atoms with Crippen LogP contribution in [0.3, 0.4) is 0 Å². The van der Waals surface area contributed by atoms with E-state index in [1.54, 1.807) is 7.11 Å². The van der Waals surface area contributed by atoms with Crippen LogP contribution in [0.25, 0.3) is 0 Å². The molecule has 1 atom stereocenters. The number of ether oxygens (including phenoxy) is 1. The molecule has 0 bridgehead atoms. The molecule has 2 N–H and O–H groups in total. The normalized spacial score (nSPS) is 25.1. The van der Waals surface area contributed by atoms with Crippen LogP contribution >= 0.6 is 0 Å². The highest BCUT2D eigenvalue weighted by molar-refractivity contribution is 5.38. The minimum Gasteiger partial charge on any atom is -0.496 e. The van der Waals surface area contributed by atoms with Crippen molar-refractivity contribution in [2.24, 2.45) is 0 Å². The minimum atomic E-state index is -0.0955. The summed E-state index contributed by atoms with van der Waals surface area (Å²) in [6.07, 6.45) is 3.84. The number of aliphatic hydroxyl groups is 1. The van der Waals surface area contributed by atoms with E-state index in [-0.39, 0.29) is 12.1 Å². The van der Waals surface area contributed by atoms with E-state index in [0.717, 1.165) is 31.4 Å². The second-order valence-electron chi connectivity index (χ2n) is 5.64. The van der Waals surface area contributed by atoms with Gasteiger partial charge in [-0.1, -0.05) is 17.7 Å². The van der Waals surface area contributed by atoms with E-state index in [2.05, 4.69) is 31.3 Å². The number of methoxy groups -OCH3 is 1. The lowest BCUT2D eigenvalue weighted by molar-refractivity contribution is 0.114. The Morgan fingerprint density at radius 2 is 1.95 bits per heavy atom. The topological polar surface area (TPSA) is 41.5 Å². The fraction of sp³-hybridized carbons (Fsp3) is 0.625. The molecule has 1 aromatic rings. The van der Waals surface area contributed by atoms with Gasteiger partial charge in [-0.25, -0.2) is 0 Å². The zero-order chi connectivity index (χ0) is 13.8. The Hall–Kier alpha value is -1.06. The van der Waals surface area contributed by atoms with Crippen LogP contribution in [-0.4, -0.2) is 24.4 Å². The molecule has 0 aromatic heterocycles. The van der Waals surface area contributed by atoms with Crippen LogP contribution < -0.4 is 10.1 Å². The quantitative estimate of drug-likeness (QED) is 0.877. The van der Waals surface area contributed by atoms with Gasteiger partial charge in [-0.2, -0.15) is 0 Å². The molecule has 1 aromatic carbocycles. The highest BCUT2D eigenvalue weighted by Crippen LogP contribution is 2.28. The predicted molar refractivity (Wildman–Crippen MR) is 77.5 cm³/mol. The van der Waals surface area contributed by atoms with E-state index < -0.39 is 0 Å². The zero-order valence-electron chi connectivity index (χ0n) is 12.1. The van der Waals surface area contributed by atoms with Crippen molar-refractivity contribution >= 4 is 0 Å². The van der Waals surface area contributed by atoms with Gasteiger partial charge in [0.2, 0.25) is 0 Å². The third-order valence-electron chi connectivity index (χ3n) is 4.03. The van der Waals surface area contributed by atoms with Crippen molar-refractivity contribution in [3.63, 3.8) is 0 Å². The van der Waals surface area contributed by atoms with E-state index in [1.165, 1.54) is 11.1 Å². The summed E-state index contributed by atoms with van der Waals surface area (Å²) in [5.74, 6) is 0.946. The van der Waals surface area contributed by atoms with Crippen molar-refractivity contribution in [3.05, 3.63) is 29.3 Å². The molecular weight excluding hydrogens is 238 g/mol. The first kappa shape index (κ1) is 14.4. The van der Waals surface area contributed by atoms with Crippen molar-refractivity contribution in [2.45, 2.75) is 57.7 Å². The van der Waals surface area contributed by atoms with E-state index in [0.29, 0.717) is 6.04 Å². The summed E-state index contributed by atoms with van der Waals surface area (Å²) in [6, 6.07) is 7.08. The van der Waals surface area contributed by atoms with Crippen molar-refractivity contribution in [1.82, 2.24) is 5.32 Å². The van der Waals surface area contributed by atoms with Crippen LogP contribution in [0.4, 0.5) is 0 Å². The number of aryl methyl sites for hydroxylation is 1. The Kier molecular flexibility index (Phi) is 4.83. The zero-order valence-corrected chi connectivity index (χ0v) is 12.1. The smallest absolute Gasteiger partial charge is 0.123 e. The second-order valence-corrected chi connectivity index (χ2v) is 5.64. The maximum Gasteiger partial charge on any atom is 0.123 e. The lowest BCUT2D eigenvalue weighted by Crippen LogP contribution is -2.36. The third kappa shape index (κ3) is 3.71. The summed E-state index contributed by atoms with van der Waals surface area (Å²) in [4.78, 5) is 0. The van der Waals surface area contributed by atoms with Gasteiger partial charge >= 0.3 is 0 Å². The Bertz CT molecular complexity index is 411. The summed E-state index contributed by atoms with van der Waals surface area (Å²) in [6.45, 7) is 4.29. The Morgan fingerprint density at radius 1 is 1.26 bits per heavy atom. The van der Waals surface area contributed by atoms with Crippen LogP contribution in [0.1, 0.15) is 49.8 Å². The lowest BCUT2D eigenvalue weighted by atomic mass is 9.92. The summed E-state index contributed by atoms with van der Waals surface area (Å²) in [5, 5.41) is 13.2. The van der Waals surface area contributed by atoms with Crippen LogP contribution in [0, 0.1) is 6.92 Å². The molecule has 0 radical (unpaired) electrons. The maximum absolute atomic E-state index is 9.55. The predicted octanol–water partition coefficient (Wildman–Crippen LogP) is 2.96. The van der Waals surface area contributed by atoms with Crippen LogP contribution in [-0.2, 0) is 0 Å². The van der Waals surface area contributed by atoms with Gasteiger partial charge in [0, 0.05) is 17.6 Å². The first-order valence-electron chi connectivity index (χ1n) is 7.18. The highest BCUT2D eigenvalue weighted by atomic mass is 16.5. The maximum atomic E-state index is 9.55. The fourth-order valence-corrected chi connectivity index (χ4v) is 2.88. The molecular formula is C16H25NO2. The largest absolute Gasteiger partial charge is 0.496 e. The average Bonchev–Trinajstić information content (AvgIpc) is 2.41. The lowest BCUT2D eigenvalue weighted by Gasteiger charge is -2.29. The van der Waals surface area contributed by atoms with Gasteiger partial charge in [0.05, 0.1) is 13.2 Å². The molecule has 0 spiro atoms. The molecule has 1 aliphatic rings. The molecule has 1 fully saturated rings. The van der Waals surface area contributed by atoms with Crippen molar-refractivity contribution < 1.29 is 9.84 Å². The average molecular weight is 263 g/mol. The van der Waals surface area contributed by atoms with Gasteiger partial charge in [-0.3, -0.25) is 0 Å². The highest BCUT2D eigenvalue weighted by Gasteiger charge is 2.22. The van der Waals surface area contributed by atoms with Crippen molar-refractivity contribution in [3.8, 4) is 5.75 Å². The summed E-state index contributed by atoms with van der Waals surface area (Å²) >= 11 is 0. The van der Waals surface area contributed by atoms with Crippen LogP contribution in [0.5, 0.6) is 5.75 Å². The Morgan fingerprint density at radius 3 is 2.58 bits per heavy atom. The molecule has 19 heavy (non-hydrogen) atoms. The monoisotopic (exact) mass is 263 g/mol. The van der Waals surface area contributed by atoms with Crippen LogP contribution in [0.2, 0.25) is 0 Å². The first-order chi connectivity index (χ1) is 9.10. The minimum absolute atomic E-state index is 0.0955. The molecule has 0 saturated heterocycles. The fourth-order valence-electron chi connectivity index (χ4n) is 2.88. The van der Waals surface area contributed by atoms with Gasteiger partial charge in [0.1, 0.15) is 5.75 Å². The van der Waals surface area contributed by atoms with Gasteiger partial charge in [-0.05, 0) is 45.6 Å². The molecule has 0 heterocycles. The molecule has 3 heteroatoms. The SMILES string of the molecule is COc1ccc(C)cc1C(C)NC1CCC(O)CC1. The number of benzene rings is 1. The van der Waals surface area contributed by atoms with Gasteiger partial charge < -0.3 is 15.2 Å². The summed E-state index contributed by atoms with van der Waals surface area (Å²) in [5.41, 5.74) is 2.47. The Labute approximate surface area is 116 Å². The van der Waals surface area contributed by atoms with Gasteiger partial charge in [-0.15, -0.1) is 0 Å². The summed E-state index contributed by atoms with van der Waals surface area (Å²) in [7, 11) is 1.72.